The largest absolute Gasteiger partial charge is 0.480 e. The molecule has 0 aromatic heterocycles. The average Bonchev–Trinajstić information content (AvgIpc) is 2.50. The summed E-state index contributed by atoms with van der Waals surface area (Å²) in [5.74, 6) is -1.59. The van der Waals surface area contributed by atoms with Gasteiger partial charge in [-0.15, -0.1) is 0 Å². The molecule has 8 heteroatoms. The predicted octanol–water partition coefficient (Wildman–Crippen LogP) is 0.194. The summed E-state index contributed by atoms with van der Waals surface area (Å²) in [5, 5.41) is 18.4. The summed E-state index contributed by atoms with van der Waals surface area (Å²) < 4.78 is 0. The summed E-state index contributed by atoms with van der Waals surface area (Å²) in [4.78, 5) is 31.0. The standard InChI is InChI=1S/C18H36N4O4/c1-15(2)21-9-5-19(13-17(23)24)7-11-22(16(3)4)12-8-20(6-10-21)14-18(25)26/h15-16H,5-14H2,1-4H3,(H,23,24)(H,25,26). The highest BCUT2D eigenvalue weighted by molar-refractivity contribution is 5.69. The fourth-order valence-corrected chi connectivity index (χ4v) is 3.26. The SMILES string of the molecule is CC(C)N1CCN(CC(=O)O)CCN(C(C)C)CCN(CC(=O)O)CC1. The summed E-state index contributed by atoms with van der Waals surface area (Å²) in [6, 6.07) is 0.673. The first kappa shape index (κ1) is 22.8. The zero-order valence-electron chi connectivity index (χ0n) is 16.7. The van der Waals surface area contributed by atoms with Gasteiger partial charge in [-0.2, -0.15) is 0 Å². The first-order chi connectivity index (χ1) is 12.2. The van der Waals surface area contributed by atoms with Crippen LogP contribution in [0.15, 0.2) is 0 Å². The normalized spacial score (nSPS) is 20.8. The summed E-state index contributed by atoms with van der Waals surface area (Å²) in [6.07, 6.45) is 0. The van der Waals surface area contributed by atoms with Gasteiger partial charge in [-0.1, -0.05) is 0 Å². The first-order valence-corrected chi connectivity index (χ1v) is 9.55. The van der Waals surface area contributed by atoms with Crippen molar-refractivity contribution in [3.05, 3.63) is 0 Å². The molecule has 1 aliphatic rings. The van der Waals surface area contributed by atoms with Crippen LogP contribution in [0.4, 0.5) is 0 Å². The van der Waals surface area contributed by atoms with Gasteiger partial charge in [0.2, 0.25) is 0 Å². The van der Waals surface area contributed by atoms with Crippen LogP contribution in [0.1, 0.15) is 27.7 Å². The maximum absolute atomic E-state index is 11.2. The Labute approximate surface area is 157 Å². The molecule has 1 saturated heterocycles. The molecule has 26 heavy (non-hydrogen) atoms. The molecule has 1 fully saturated rings. The van der Waals surface area contributed by atoms with E-state index < -0.39 is 11.9 Å². The lowest BCUT2D eigenvalue weighted by molar-refractivity contribution is -0.139. The Morgan fingerprint density at radius 3 is 1.12 bits per heavy atom. The van der Waals surface area contributed by atoms with Crippen LogP contribution in [-0.2, 0) is 9.59 Å². The van der Waals surface area contributed by atoms with Gasteiger partial charge in [-0.25, -0.2) is 0 Å². The molecular weight excluding hydrogens is 336 g/mol. The van der Waals surface area contributed by atoms with Crippen molar-refractivity contribution in [1.82, 2.24) is 19.6 Å². The molecule has 0 radical (unpaired) electrons. The van der Waals surface area contributed by atoms with Crippen LogP contribution in [0, 0.1) is 0 Å². The van der Waals surface area contributed by atoms with Crippen LogP contribution >= 0.6 is 0 Å². The second-order valence-corrected chi connectivity index (χ2v) is 7.60. The Kier molecular flexibility index (Phi) is 10.1. The van der Waals surface area contributed by atoms with Crippen molar-refractivity contribution in [3.63, 3.8) is 0 Å². The Balaban J connectivity index is 2.86. The van der Waals surface area contributed by atoms with E-state index in [0.29, 0.717) is 38.3 Å². The van der Waals surface area contributed by atoms with Crippen molar-refractivity contribution < 1.29 is 19.8 Å². The first-order valence-electron chi connectivity index (χ1n) is 9.55. The monoisotopic (exact) mass is 372 g/mol. The average molecular weight is 373 g/mol. The zero-order valence-corrected chi connectivity index (χ0v) is 16.7. The van der Waals surface area contributed by atoms with Gasteiger partial charge in [0.25, 0.3) is 0 Å². The quantitative estimate of drug-likeness (QED) is 0.683. The highest BCUT2D eigenvalue weighted by atomic mass is 16.4. The third-order valence-electron chi connectivity index (χ3n) is 4.99. The van der Waals surface area contributed by atoms with Crippen molar-refractivity contribution in [1.29, 1.82) is 0 Å². The van der Waals surface area contributed by atoms with Crippen LogP contribution < -0.4 is 0 Å². The minimum atomic E-state index is -0.795. The van der Waals surface area contributed by atoms with Gasteiger partial charge in [0, 0.05) is 64.4 Å². The fraction of sp³-hybridized carbons (Fsp3) is 0.889. The van der Waals surface area contributed by atoms with Gasteiger partial charge in [0.05, 0.1) is 13.1 Å². The number of nitrogens with zero attached hydrogens (tertiary/aromatic N) is 4. The molecular formula is C18H36N4O4. The molecule has 0 aromatic carbocycles. The van der Waals surface area contributed by atoms with Crippen LogP contribution in [0.2, 0.25) is 0 Å². The molecule has 0 aliphatic carbocycles. The zero-order chi connectivity index (χ0) is 19.7. The summed E-state index contributed by atoms with van der Waals surface area (Å²) in [6.45, 7) is 14.6. The van der Waals surface area contributed by atoms with E-state index in [0.717, 1.165) is 26.2 Å². The number of carbonyl (C=O) groups is 2. The van der Waals surface area contributed by atoms with Crippen molar-refractivity contribution in [2.24, 2.45) is 0 Å². The Morgan fingerprint density at radius 1 is 0.654 bits per heavy atom. The van der Waals surface area contributed by atoms with Crippen molar-refractivity contribution >= 4 is 11.9 Å². The van der Waals surface area contributed by atoms with E-state index in [4.69, 9.17) is 0 Å². The molecule has 0 amide bonds. The predicted molar refractivity (Wildman–Crippen MR) is 102 cm³/mol. The van der Waals surface area contributed by atoms with Gasteiger partial charge >= 0.3 is 11.9 Å². The molecule has 2 N–H and O–H groups in total. The number of aliphatic carboxylic acids is 2. The van der Waals surface area contributed by atoms with Crippen LogP contribution in [0.5, 0.6) is 0 Å². The van der Waals surface area contributed by atoms with E-state index in [9.17, 15) is 19.8 Å². The molecule has 0 atom stereocenters. The van der Waals surface area contributed by atoms with Gasteiger partial charge < -0.3 is 10.2 Å². The van der Waals surface area contributed by atoms with Gasteiger partial charge in [-0.05, 0) is 27.7 Å². The fourth-order valence-electron chi connectivity index (χ4n) is 3.26. The summed E-state index contributed by atoms with van der Waals surface area (Å²) >= 11 is 0. The molecule has 0 saturated carbocycles. The third kappa shape index (κ3) is 8.93. The van der Waals surface area contributed by atoms with Crippen LogP contribution in [0.25, 0.3) is 0 Å². The molecule has 1 rings (SSSR count). The third-order valence-corrected chi connectivity index (χ3v) is 4.99. The molecule has 0 aromatic rings. The highest BCUT2D eigenvalue weighted by Crippen LogP contribution is 2.05. The minimum absolute atomic E-state index is 0.0585. The lowest BCUT2D eigenvalue weighted by atomic mass is 10.2. The topological polar surface area (TPSA) is 87.6 Å². The number of carboxylic acid groups (broad SMARTS) is 2. The lowest BCUT2D eigenvalue weighted by Crippen LogP contribution is -2.49. The van der Waals surface area contributed by atoms with Crippen molar-refractivity contribution in [3.8, 4) is 0 Å². The van der Waals surface area contributed by atoms with Crippen molar-refractivity contribution in [2.75, 3.05) is 65.4 Å². The Hall–Kier alpha value is -1.22. The highest BCUT2D eigenvalue weighted by Gasteiger charge is 2.20. The minimum Gasteiger partial charge on any atom is -0.480 e. The number of rotatable bonds is 6. The van der Waals surface area contributed by atoms with E-state index in [-0.39, 0.29) is 13.1 Å². The second kappa shape index (κ2) is 11.5. The Morgan fingerprint density at radius 2 is 0.923 bits per heavy atom. The summed E-state index contributed by atoms with van der Waals surface area (Å²) in [7, 11) is 0. The molecule has 0 unspecified atom stereocenters. The van der Waals surface area contributed by atoms with E-state index in [2.05, 4.69) is 37.5 Å². The molecule has 1 aliphatic heterocycles. The van der Waals surface area contributed by atoms with Crippen LogP contribution in [-0.4, -0.2) is 119 Å². The van der Waals surface area contributed by atoms with Gasteiger partial charge in [0.15, 0.2) is 0 Å². The van der Waals surface area contributed by atoms with E-state index in [1.54, 1.807) is 0 Å². The molecule has 0 bridgehead atoms. The Bertz CT molecular complexity index is 389. The molecule has 152 valence electrons. The second-order valence-electron chi connectivity index (χ2n) is 7.60. The maximum Gasteiger partial charge on any atom is 0.317 e. The molecule has 8 nitrogen and oxygen atoms in total. The maximum atomic E-state index is 11.2. The van der Waals surface area contributed by atoms with Crippen LogP contribution in [0.3, 0.4) is 0 Å². The molecule has 1 heterocycles. The molecule has 0 spiro atoms. The lowest BCUT2D eigenvalue weighted by Gasteiger charge is -2.36. The van der Waals surface area contributed by atoms with Crippen molar-refractivity contribution in [2.45, 2.75) is 39.8 Å². The number of hydrogen-bond donors (Lipinski definition) is 2. The number of hydrogen-bond acceptors (Lipinski definition) is 6. The van der Waals surface area contributed by atoms with E-state index >= 15 is 0 Å². The summed E-state index contributed by atoms with van der Waals surface area (Å²) in [5.41, 5.74) is 0. The van der Waals surface area contributed by atoms with E-state index in [1.807, 2.05) is 9.80 Å². The smallest absolute Gasteiger partial charge is 0.317 e. The van der Waals surface area contributed by atoms with Gasteiger partial charge in [-0.3, -0.25) is 29.2 Å². The van der Waals surface area contributed by atoms with Gasteiger partial charge in [0.1, 0.15) is 0 Å². The number of carboxylic acids is 2. The van der Waals surface area contributed by atoms with E-state index in [1.165, 1.54) is 0 Å².